The van der Waals surface area contributed by atoms with Crippen molar-refractivity contribution in [1.29, 1.82) is 0 Å². The zero-order valence-corrected chi connectivity index (χ0v) is 12.6. The summed E-state index contributed by atoms with van der Waals surface area (Å²) in [5.41, 5.74) is 4.66. The number of nitrogens with one attached hydrogen (secondary N) is 1. The molecule has 2 aliphatic carbocycles. The Kier molecular flexibility index (Phi) is 3.31. The van der Waals surface area contributed by atoms with Crippen LogP contribution in [-0.2, 0) is 12.8 Å². The van der Waals surface area contributed by atoms with E-state index in [0.29, 0.717) is 6.04 Å². The Hall–Kier alpha value is -1.60. The normalized spacial score (nSPS) is 25.6. The van der Waals surface area contributed by atoms with Crippen LogP contribution in [0.4, 0.5) is 0 Å². The Balaban J connectivity index is 1.48. The van der Waals surface area contributed by atoms with Gasteiger partial charge in [0, 0.05) is 6.04 Å². The Morgan fingerprint density at radius 1 is 0.905 bits per heavy atom. The summed E-state index contributed by atoms with van der Waals surface area (Å²) >= 11 is 0. The average Bonchev–Trinajstić information content (AvgIpc) is 3.20. The number of benzene rings is 2. The maximum atomic E-state index is 3.64. The minimum absolute atomic E-state index is 0.655. The van der Waals surface area contributed by atoms with Gasteiger partial charge in [0.05, 0.1) is 0 Å². The van der Waals surface area contributed by atoms with Gasteiger partial charge in [0.25, 0.3) is 0 Å². The molecular formula is C20H23N. The van der Waals surface area contributed by atoms with Crippen molar-refractivity contribution in [1.82, 2.24) is 5.32 Å². The molecule has 0 bridgehead atoms. The van der Waals surface area contributed by atoms with Crippen molar-refractivity contribution in [2.75, 3.05) is 7.05 Å². The van der Waals surface area contributed by atoms with Crippen molar-refractivity contribution < 1.29 is 0 Å². The fourth-order valence-electron chi connectivity index (χ4n) is 4.34. The molecule has 0 amide bonds. The molecule has 1 fully saturated rings. The molecule has 0 heterocycles. The van der Waals surface area contributed by atoms with Crippen molar-refractivity contribution in [3.8, 4) is 0 Å². The molecule has 1 nitrogen and oxygen atoms in total. The summed E-state index contributed by atoms with van der Waals surface area (Å²) < 4.78 is 0. The SMILES string of the molecule is CNC(C1Cc2ccccc2C1)C1CC1c1ccccc1. The lowest BCUT2D eigenvalue weighted by atomic mass is 9.91. The molecule has 2 aliphatic rings. The number of rotatable bonds is 4. The van der Waals surface area contributed by atoms with Gasteiger partial charge in [-0.05, 0) is 60.8 Å². The smallest absolute Gasteiger partial charge is 0.0133 e. The first kappa shape index (κ1) is 13.1. The minimum Gasteiger partial charge on any atom is -0.316 e. The summed E-state index contributed by atoms with van der Waals surface area (Å²) in [5.74, 6) is 2.36. The van der Waals surface area contributed by atoms with E-state index in [2.05, 4.69) is 67.0 Å². The molecule has 1 heteroatoms. The third-order valence-electron chi connectivity index (χ3n) is 5.45. The topological polar surface area (TPSA) is 12.0 Å². The summed E-state index contributed by atoms with van der Waals surface area (Å²) in [6, 6.07) is 20.7. The van der Waals surface area contributed by atoms with Crippen LogP contribution in [0.5, 0.6) is 0 Å². The fourth-order valence-corrected chi connectivity index (χ4v) is 4.34. The standard InChI is InChI=1S/C20H23N/c1-21-20(17-11-15-9-5-6-10-16(15)12-17)19-13-18(19)14-7-3-2-4-8-14/h2-10,17-21H,11-13H2,1H3. The molecule has 0 spiro atoms. The molecule has 108 valence electrons. The van der Waals surface area contributed by atoms with Gasteiger partial charge in [-0.3, -0.25) is 0 Å². The molecule has 0 saturated heterocycles. The monoisotopic (exact) mass is 277 g/mol. The zero-order chi connectivity index (χ0) is 14.2. The van der Waals surface area contributed by atoms with Gasteiger partial charge >= 0.3 is 0 Å². The highest BCUT2D eigenvalue weighted by molar-refractivity contribution is 5.34. The van der Waals surface area contributed by atoms with Crippen LogP contribution in [0.15, 0.2) is 54.6 Å². The number of fused-ring (bicyclic) bond motifs is 1. The summed E-state index contributed by atoms with van der Waals surface area (Å²) in [7, 11) is 2.15. The summed E-state index contributed by atoms with van der Waals surface area (Å²) in [5, 5.41) is 3.64. The molecule has 0 aliphatic heterocycles. The third-order valence-corrected chi connectivity index (χ3v) is 5.45. The Morgan fingerprint density at radius 2 is 1.52 bits per heavy atom. The van der Waals surface area contributed by atoms with Crippen molar-refractivity contribution >= 4 is 0 Å². The second-order valence-electron chi connectivity index (χ2n) is 6.67. The Morgan fingerprint density at radius 3 is 2.14 bits per heavy atom. The van der Waals surface area contributed by atoms with Gasteiger partial charge in [-0.1, -0.05) is 54.6 Å². The predicted molar refractivity (Wildman–Crippen MR) is 87.5 cm³/mol. The van der Waals surface area contributed by atoms with Crippen LogP contribution in [0.25, 0.3) is 0 Å². The van der Waals surface area contributed by atoms with E-state index < -0.39 is 0 Å². The molecule has 1 N–H and O–H groups in total. The first-order chi connectivity index (χ1) is 10.4. The molecule has 3 atom stereocenters. The molecule has 3 unspecified atom stereocenters. The van der Waals surface area contributed by atoms with Gasteiger partial charge in [-0.15, -0.1) is 0 Å². The number of hydrogen-bond acceptors (Lipinski definition) is 1. The van der Waals surface area contributed by atoms with Crippen LogP contribution < -0.4 is 5.32 Å². The van der Waals surface area contributed by atoms with Crippen LogP contribution in [0.1, 0.15) is 29.0 Å². The fraction of sp³-hybridized carbons (Fsp3) is 0.400. The highest BCUT2D eigenvalue weighted by atomic mass is 14.9. The second-order valence-corrected chi connectivity index (χ2v) is 6.67. The van der Waals surface area contributed by atoms with Crippen molar-refractivity contribution in [2.24, 2.45) is 11.8 Å². The van der Waals surface area contributed by atoms with E-state index in [1.807, 2.05) is 0 Å². The minimum atomic E-state index is 0.655. The van der Waals surface area contributed by atoms with Crippen LogP contribution in [0.3, 0.4) is 0 Å². The first-order valence-corrected chi connectivity index (χ1v) is 8.16. The van der Waals surface area contributed by atoms with Gasteiger partial charge in [0.1, 0.15) is 0 Å². The lowest BCUT2D eigenvalue weighted by molar-refractivity contribution is 0.345. The van der Waals surface area contributed by atoms with Crippen molar-refractivity contribution in [3.63, 3.8) is 0 Å². The van der Waals surface area contributed by atoms with E-state index in [4.69, 9.17) is 0 Å². The molecule has 0 aromatic heterocycles. The lowest BCUT2D eigenvalue weighted by Gasteiger charge is -2.23. The number of hydrogen-bond donors (Lipinski definition) is 1. The zero-order valence-electron chi connectivity index (χ0n) is 12.6. The van der Waals surface area contributed by atoms with Gasteiger partial charge in [0.2, 0.25) is 0 Å². The maximum absolute atomic E-state index is 3.64. The summed E-state index contributed by atoms with van der Waals surface area (Å²) in [6.45, 7) is 0. The Bertz CT molecular complexity index is 594. The van der Waals surface area contributed by atoms with E-state index >= 15 is 0 Å². The molecule has 2 aromatic carbocycles. The van der Waals surface area contributed by atoms with Gasteiger partial charge in [0.15, 0.2) is 0 Å². The van der Waals surface area contributed by atoms with Crippen LogP contribution in [-0.4, -0.2) is 13.1 Å². The van der Waals surface area contributed by atoms with E-state index in [1.165, 1.54) is 24.8 Å². The van der Waals surface area contributed by atoms with Crippen molar-refractivity contribution in [3.05, 3.63) is 71.3 Å². The average molecular weight is 277 g/mol. The van der Waals surface area contributed by atoms with Gasteiger partial charge in [-0.2, -0.15) is 0 Å². The van der Waals surface area contributed by atoms with Crippen molar-refractivity contribution in [2.45, 2.75) is 31.2 Å². The highest BCUT2D eigenvalue weighted by Gasteiger charge is 2.46. The molecule has 21 heavy (non-hydrogen) atoms. The predicted octanol–water partition coefficient (Wildman–Crippen LogP) is 3.79. The molecule has 2 aromatic rings. The van der Waals surface area contributed by atoms with E-state index in [-0.39, 0.29) is 0 Å². The largest absolute Gasteiger partial charge is 0.316 e. The van der Waals surface area contributed by atoms with E-state index in [1.54, 1.807) is 11.1 Å². The highest BCUT2D eigenvalue weighted by Crippen LogP contribution is 2.52. The van der Waals surface area contributed by atoms with Crippen LogP contribution >= 0.6 is 0 Å². The Labute approximate surface area is 127 Å². The molecule has 4 rings (SSSR count). The molecule has 1 saturated carbocycles. The maximum Gasteiger partial charge on any atom is 0.0133 e. The summed E-state index contributed by atoms with van der Waals surface area (Å²) in [6.07, 6.45) is 3.85. The molecule has 0 radical (unpaired) electrons. The quantitative estimate of drug-likeness (QED) is 0.896. The van der Waals surface area contributed by atoms with E-state index in [0.717, 1.165) is 17.8 Å². The van der Waals surface area contributed by atoms with Gasteiger partial charge < -0.3 is 5.32 Å². The summed E-state index contributed by atoms with van der Waals surface area (Å²) in [4.78, 5) is 0. The lowest BCUT2D eigenvalue weighted by Crippen LogP contribution is -2.36. The van der Waals surface area contributed by atoms with E-state index in [9.17, 15) is 0 Å². The van der Waals surface area contributed by atoms with Crippen LogP contribution in [0, 0.1) is 11.8 Å². The second kappa shape index (κ2) is 5.31. The van der Waals surface area contributed by atoms with Gasteiger partial charge in [-0.25, -0.2) is 0 Å². The van der Waals surface area contributed by atoms with Crippen LogP contribution in [0.2, 0.25) is 0 Å². The first-order valence-electron chi connectivity index (χ1n) is 8.16. The molecular weight excluding hydrogens is 254 g/mol. The third kappa shape index (κ3) is 2.40.